The van der Waals surface area contributed by atoms with Gasteiger partial charge in [0.15, 0.2) is 0 Å². The minimum Gasteiger partial charge on any atom is -0.467 e. The third kappa shape index (κ3) is 3.17. The largest absolute Gasteiger partial charge is 0.467 e. The molecule has 0 atom stereocenters. The Morgan fingerprint density at radius 3 is 2.73 bits per heavy atom. The van der Waals surface area contributed by atoms with Gasteiger partial charge in [-0.25, -0.2) is 0 Å². The van der Waals surface area contributed by atoms with E-state index in [1.165, 1.54) is 0 Å². The molecular formula is C16H15N3O3. The van der Waals surface area contributed by atoms with E-state index >= 15 is 0 Å². The normalized spacial score (nSPS) is 10.5. The van der Waals surface area contributed by atoms with Gasteiger partial charge in [-0.2, -0.15) is 0 Å². The van der Waals surface area contributed by atoms with E-state index in [2.05, 4.69) is 15.6 Å². The molecule has 2 heterocycles. The number of fused-ring (bicyclic) bond motifs is 1. The van der Waals surface area contributed by atoms with Crippen molar-refractivity contribution in [2.24, 2.45) is 0 Å². The lowest BCUT2D eigenvalue weighted by atomic mass is 10.2. The molecule has 6 nitrogen and oxygen atoms in total. The predicted octanol–water partition coefficient (Wildman–Crippen LogP) is 1.81. The zero-order valence-electron chi connectivity index (χ0n) is 11.8. The molecular weight excluding hydrogens is 282 g/mol. The number of benzene rings is 1. The molecule has 112 valence electrons. The summed E-state index contributed by atoms with van der Waals surface area (Å²) in [5, 5.41) is 6.19. The Bertz CT molecular complexity index is 757. The molecule has 0 radical (unpaired) electrons. The summed E-state index contributed by atoms with van der Waals surface area (Å²) in [5.74, 6) is 0.0699. The molecule has 3 aromatic rings. The SMILES string of the molecule is O=C(CNC(=O)c1cc2ccccc2[nH]1)NCc1ccco1. The molecule has 6 heteroatoms. The molecule has 0 saturated carbocycles. The van der Waals surface area contributed by atoms with Crippen LogP contribution in [0.4, 0.5) is 0 Å². The maximum Gasteiger partial charge on any atom is 0.268 e. The molecule has 3 N–H and O–H groups in total. The van der Waals surface area contributed by atoms with E-state index in [9.17, 15) is 9.59 Å². The first kappa shape index (κ1) is 13.9. The molecule has 0 aliphatic heterocycles. The van der Waals surface area contributed by atoms with Crippen LogP contribution in [0, 0.1) is 0 Å². The van der Waals surface area contributed by atoms with Crippen LogP contribution < -0.4 is 10.6 Å². The van der Waals surface area contributed by atoms with Crippen LogP contribution in [0.15, 0.2) is 53.1 Å². The number of hydrogen-bond donors (Lipinski definition) is 3. The van der Waals surface area contributed by atoms with E-state index < -0.39 is 0 Å². The standard InChI is InChI=1S/C16H15N3O3/c20-15(17-9-12-5-3-7-22-12)10-18-16(21)14-8-11-4-1-2-6-13(11)19-14/h1-8,19H,9-10H2,(H,17,20)(H,18,21). The fourth-order valence-electron chi connectivity index (χ4n) is 2.11. The maximum absolute atomic E-state index is 12.0. The van der Waals surface area contributed by atoms with Crippen LogP contribution in [0.5, 0.6) is 0 Å². The van der Waals surface area contributed by atoms with Gasteiger partial charge in [-0.05, 0) is 24.3 Å². The van der Waals surface area contributed by atoms with E-state index in [0.29, 0.717) is 18.0 Å². The first-order valence-corrected chi connectivity index (χ1v) is 6.87. The minimum absolute atomic E-state index is 0.0884. The molecule has 0 bridgehead atoms. The van der Waals surface area contributed by atoms with Crippen LogP contribution in [0.25, 0.3) is 10.9 Å². The fourth-order valence-corrected chi connectivity index (χ4v) is 2.11. The highest BCUT2D eigenvalue weighted by atomic mass is 16.3. The van der Waals surface area contributed by atoms with Crippen molar-refractivity contribution in [3.63, 3.8) is 0 Å². The Kier molecular flexibility index (Phi) is 3.91. The van der Waals surface area contributed by atoms with Crippen molar-refractivity contribution in [1.82, 2.24) is 15.6 Å². The summed E-state index contributed by atoms with van der Waals surface area (Å²) in [6, 6.07) is 12.9. The van der Waals surface area contributed by atoms with Gasteiger partial charge in [0.05, 0.1) is 19.4 Å². The van der Waals surface area contributed by atoms with Gasteiger partial charge in [0, 0.05) is 10.9 Å². The second-order valence-electron chi connectivity index (χ2n) is 4.81. The van der Waals surface area contributed by atoms with Crippen LogP contribution in [-0.2, 0) is 11.3 Å². The number of carbonyl (C=O) groups is 2. The second-order valence-corrected chi connectivity index (χ2v) is 4.81. The lowest BCUT2D eigenvalue weighted by Gasteiger charge is -2.04. The van der Waals surface area contributed by atoms with Gasteiger partial charge < -0.3 is 20.0 Å². The Labute approximate surface area is 126 Å². The topological polar surface area (TPSA) is 87.1 Å². The van der Waals surface area contributed by atoms with E-state index in [0.717, 1.165) is 10.9 Å². The van der Waals surface area contributed by atoms with Crippen molar-refractivity contribution >= 4 is 22.7 Å². The van der Waals surface area contributed by atoms with Crippen LogP contribution in [-0.4, -0.2) is 23.3 Å². The van der Waals surface area contributed by atoms with Crippen LogP contribution in [0.2, 0.25) is 0 Å². The molecule has 0 aliphatic carbocycles. The second kappa shape index (κ2) is 6.17. The molecule has 0 fully saturated rings. The third-order valence-corrected chi connectivity index (χ3v) is 3.22. The predicted molar refractivity (Wildman–Crippen MR) is 81.2 cm³/mol. The van der Waals surface area contributed by atoms with E-state index in [4.69, 9.17) is 4.42 Å². The molecule has 0 aliphatic rings. The van der Waals surface area contributed by atoms with Gasteiger partial charge in [-0.3, -0.25) is 9.59 Å². The first-order valence-electron chi connectivity index (χ1n) is 6.87. The highest BCUT2D eigenvalue weighted by Crippen LogP contribution is 2.14. The number of carbonyl (C=O) groups excluding carboxylic acids is 2. The van der Waals surface area contributed by atoms with Crippen LogP contribution in [0.1, 0.15) is 16.2 Å². The smallest absolute Gasteiger partial charge is 0.268 e. The van der Waals surface area contributed by atoms with Gasteiger partial charge in [0.1, 0.15) is 11.5 Å². The number of furan rings is 1. The number of hydrogen-bond acceptors (Lipinski definition) is 3. The lowest BCUT2D eigenvalue weighted by molar-refractivity contribution is -0.120. The number of H-pyrrole nitrogens is 1. The third-order valence-electron chi connectivity index (χ3n) is 3.22. The summed E-state index contributed by atoms with van der Waals surface area (Å²) in [5.41, 5.74) is 1.31. The molecule has 0 saturated heterocycles. The van der Waals surface area contributed by atoms with Gasteiger partial charge in [0.25, 0.3) is 5.91 Å². The van der Waals surface area contributed by atoms with Gasteiger partial charge in [-0.1, -0.05) is 18.2 Å². The monoisotopic (exact) mass is 297 g/mol. The molecule has 0 unspecified atom stereocenters. The molecule has 2 amide bonds. The maximum atomic E-state index is 12.0. The Morgan fingerprint density at radius 2 is 1.95 bits per heavy atom. The highest BCUT2D eigenvalue weighted by molar-refractivity contribution is 5.99. The number of aromatic nitrogens is 1. The number of para-hydroxylation sites is 1. The van der Waals surface area contributed by atoms with Gasteiger partial charge in [-0.15, -0.1) is 0 Å². The van der Waals surface area contributed by atoms with Crippen molar-refractivity contribution < 1.29 is 14.0 Å². The van der Waals surface area contributed by atoms with Gasteiger partial charge >= 0.3 is 0 Å². The summed E-state index contributed by atoms with van der Waals surface area (Å²) in [4.78, 5) is 26.7. The summed E-state index contributed by atoms with van der Waals surface area (Å²) in [7, 11) is 0. The molecule has 1 aromatic carbocycles. The van der Waals surface area contributed by atoms with Gasteiger partial charge in [0.2, 0.25) is 5.91 Å². The average Bonchev–Trinajstić information content (AvgIpc) is 3.19. The molecule has 0 spiro atoms. The van der Waals surface area contributed by atoms with Crippen molar-refractivity contribution in [2.75, 3.05) is 6.54 Å². The summed E-state index contributed by atoms with van der Waals surface area (Å²) < 4.78 is 5.11. The number of rotatable bonds is 5. The zero-order valence-corrected chi connectivity index (χ0v) is 11.8. The number of amides is 2. The lowest BCUT2D eigenvalue weighted by Crippen LogP contribution is -2.36. The first-order chi connectivity index (χ1) is 10.7. The minimum atomic E-state index is -0.315. The highest BCUT2D eigenvalue weighted by Gasteiger charge is 2.10. The summed E-state index contributed by atoms with van der Waals surface area (Å²) in [6.45, 7) is 0.211. The molecule has 2 aromatic heterocycles. The molecule has 22 heavy (non-hydrogen) atoms. The Hall–Kier alpha value is -3.02. The number of nitrogens with one attached hydrogen (secondary N) is 3. The summed E-state index contributed by atoms with van der Waals surface area (Å²) in [6.07, 6.45) is 1.54. The number of aromatic amines is 1. The average molecular weight is 297 g/mol. The van der Waals surface area contributed by atoms with Crippen LogP contribution >= 0.6 is 0 Å². The molecule has 3 rings (SSSR count). The summed E-state index contributed by atoms with van der Waals surface area (Å²) >= 11 is 0. The fraction of sp³-hybridized carbons (Fsp3) is 0.125. The zero-order chi connectivity index (χ0) is 15.4. The van der Waals surface area contributed by atoms with Crippen molar-refractivity contribution in [2.45, 2.75) is 6.54 Å². The van der Waals surface area contributed by atoms with Crippen molar-refractivity contribution in [3.05, 3.63) is 60.2 Å². The van der Waals surface area contributed by atoms with Crippen molar-refractivity contribution in [1.29, 1.82) is 0 Å². The Morgan fingerprint density at radius 1 is 1.09 bits per heavy atom. The van der Waals surface area contributed by atoms with Crippen LogP contribution in [0.3, 0.4) is 0 Å². The van der Waals surface area contributed by atoms with E-state index in [-0.39, 0.29) is 18.4 Å². The van der Waals surface area contributed by atoms with Crippen molar-refractivity contribution in [3.8, 4) is 0 Å². The van der Waals surface area contributed by atoms with E-state index in [1.807, 2.05) is 24.3 Å². The Balaban J connectivity index is 1.52. The van der Waals surface area contributed by atoms with E-state index in [1.54, 1.807) is 24.5 Å². The quantitative estimate of drug-likeness (QED) is 0.671.